The van der Waals surface area contributed by atoms with Crippen LogP contribution in [0.5, 0.6) is 5.75 Å². The van der Waals surface area contributed by atoms with Crippen LogP contribution in [0, 0.1) is 0 Å². The number of nitrogens with zero attached hydrogens (tertiary/aromatic N) is 1. The maximum absolute atomic E-state index is 10.9. The van der Waals surface area contributed by atoms with Crippen molar-refractivity contribution in [1.82, 2.24) is 0 Å². The zero-order valence-electron chi connectivity index (χ0n) is 13.1. The number of hydrazone groups is 1. The van der Waals surface area contributed by atoms with Crippen LogP contribution < -0.4 is 15.3 Å². The Morgan fingerprint density at radius 1 is 1.25 bits per heavy atom. The molecule has 0 aliphatic rings. The summed E-state index contributed by atoms with van der Waals surface area (Å²) in [6, 6.07) is 10.2. The molecular weight excluding hydrogens is 351 g/mol. The van der Waals surface area contributed by atoms with Gasteiger partial charge >= 0.3 is 0 Å². The Labute approximate surface area is 149 Å². The highest BCUT2D eigenvalue weighted by Gasteiger charge is 2.07. The van der Waals surface area contributed by atoms with Gasteiger partial charge in [-0.3, -0.25) is 5.43 Å². The van der Waals surface area contributed by atoms with Crippen molar-refractivity contribution in [2.45, 2.75) is 13.3 Å². The summed E-state index contributed by atoms with van der Waals surface area (Å²) in [5.74, 6) is -0.685. The fourth-order valence-corrected chi connectivity index (χ4v) is 2.54. The van der Waals surface area contributed by atoms with Gasteiger partial charge < -0.3 is 14.6 Å². The maximum Gasteiger partial charge on any atom is 0.122 e. The number of hydrogen-bond acceptors (Lipinski definition) is 5. The Kier molecular flexibility index (Phi) is 6.06. The Morgan fingerprint density at radius 3 is 2.62 bits per heavy atom. The van der Waals surface area contributed by atoms with Crippen molar-refractivity contribution in [2.75, 3.05) is 12.5 Å². The van der Waals surface area contributed by atoms with Gasteiger partial charge in [-0.05, 0) is 48.9 Å². The Bertz CT molecular complexity index is 791. The minimum atomic E-state index is -1.17. The Morgan fingerprint density at radius 2 is 2.00 bits per heavy atom. The van der Waals surface area contributed by atoms with Gasteiger partial charge in [0.15, 0.2) is 0 Å². The van der Waals surface area contributed by atoms with Gasteiger partial charge in [0.05, 0.1) is 23.5 Å². The van der Waals surface area contributed by atoms with E-state index >= 15 is 0 Å². The zero-order chi connectivity index (χ0) is 17.7. The van der Waals surface area contributed by atoms with Gasteiger partial charge in [0.25, 0.3) is 0 Å². The van der Waals surface area contributed by atoms with Crippen LogP contribution in [-0.2, 0) is 11.2 Å². The number of carbonyl (C=O) groups excluding carboxylic acids is 1. The maximum atomic E-state index is 10.9. The lowest BCUT2D eigenvalue weighted by atomic mass is 10.0. The van der Waals surface area contributed by atoms with Gasteiger partial charge in [0.2, 0.25) is 0 Å². The van der Waals surface area contributed by atoms with E-state index in [1.54, 1.807) is 43.3 Å². The van der Waals surface area contributed by atoms with Crippen molar-refractivity contribution >= 4 is 40.6 Å². The highest BCUT2D eigenvalue weighted by atomic mass is 35.5. The molecule has 2 rings (SSSR count). The molecule has 0 spiro atoms. The van der Waals surface area contributed by atoms with E-state index in [2.05, 4.69) is 10.5 Å². The standard InChI is InChI=1S/C17H16Cl2N2O3/c1-10(20-21-15-5-4-13(18)9-14(15)19)11-3-6-16(24-2)12(7-11)8-17(22)23/h3-7,9,21H,8H2,1-2H3,(H,22,23)/p-1/b20-10-. The van der Waals surface area contributed by atoms with Crippen molar-refractivity contribution in [3.8, 4) is 5.75 Å². The number of halogens is 2. The lowest BCUT2D eigenvalue weighted by Gasteiger charge is -2.12. The molecule has 0 saturated heterocycles. The van der Waals surface area contributed by atoms with Gasteiger partial charge in [-0.15, -0.1) is 0 Å². The molecule has 2 aromatic carbocycles. The molecule has 0 aliphatic heterocycles. The first kappa shape index (κ1) is 18.1. The van der Waals surface area contributed by atoms with Crippen molar-refractivity contribution in [3.05, 3.63) is 57.6 Å². The third kappa shape index (κ3) is 4.63. The van der Waals surface area contributed by atoms with E-state index in [4.69, 9.17) is 27.9 Å². The van der Waals surface area contributed by atoms with Crippen LogP contribution in [-0.4, -0.2) is 18.8 Å². The van der Waals surface area contributed by atoms with E-state index < -0.39 is 5.97 Å². The van der Waals surface area contributed by atoms with Crippen LogP contribution in [0.15, 0.2) is 41.5 Å². The van der Waals surface area contributed by atoms with Crippen LogP contribution in [0.1, 0.15) is 18.1 Å². The molecule has 5 nitrogen and oxygen atoms in total. The highest BCUT2D eigenvalue weighted by molar-refractivity contribution is 6.36. The van der Waals surface area contributed by atoms with E-state index in [1.165, 1.54) is 7.11 Å². The van der Waals surface area contributed by atoms with Crippen LogP contribution in [0.2, 0.25) is 10.0 Å². The summed E-state index contributed by atoms with van der Waals surface area (Å²) in [5.41, 5.74) is 5.41. The number of ether oxygens (including phenoxy) is 1. The monoisotopic (exact) mass is 365 g/mol. The largest absolute Gasteiger partial charge is 0.550 e. The summed E-state index contributed by atoms with van der Waals surface area (Å²) in [5, 5.41) is 16.1. The normalized spacial score (nSPS) is 11.2. The fourth-order valence-electron chi connectivity index (χ4n) is 2.09. The number of rotatable bonds is 6. The van der Waals surface area contributed by atoms with Crippen LogP contribution >= 0.6 is 23.2 Å². The molecule has 126 valence electrons. The van der Waals surface area contributed by atoms with Gasteiger partial charge in [-0.25, -0.2) is 0 Å². The van der Waals surface area contributed by atoms with Crippen LogP contribution in [0.4, 0.5) is 5.69 Å². The van der Waals surface area contributed by atoms with Crippen molar-refractivity contribution < 1.29 is 14.6 Å². The second-order valence-corrected chi connectivity index (χ2v) is 5.85. The molecular formula is C17H15Cl2N2O3-. The van der Waals surface area contributed by atoms with Gasteiger partial charge in [-0.2, -0.15) is 5.10 Å². The molecule has 7 heteroatoms. The van der Waals surface area contributed by atoms with E-state index in [0.717, 1.165) is 5.56 Å². The molecule has 0 fully saturated rings. The van der Waals surface area contributed by atoms with Gasteiger partial charge in [0.1, 0.15) is 5.75 Å². The number of hydrogen-bond donors (Lipinski definition) is 1. The SMILES string of the molecule is COc1ccc(/C(C)=N\Nc2ccc(Cl)cc2Cl)cc1CC(=O)[O-]. The smallest absolute Gasteiger partial charge is 0.122 e. The van der Waals surface area contributed by atoms with Gasteiger partial charge in [-0.1, -0.05) is 23.2 Å². The summed E-state index contributed by atoms with van der Waals surface area (Å²) in [4.78, 5) is 10.9. The molecule has 0 aromatic heterocycles. The molecule has 0 radical (unpaired) electrons. The van der Waals surface area contributed by atoms with Gasteiger partial charge in [0, 0.05) is 23.0 Å². The Hall–Kier alpha value is -2.24. The predicted octanol–water partition coefficient (Wildman–Crippen LogP) is 3.13. The number of aliphatic carboxylic acids is 1. The molecule has 0 atom stereocenters. The van der Waals surface area contributed by atoms with E-state index in [9.17, 15) is 9.90 Å². The first-order valence-electron chi connectivity index (χ1n) is 7.03. The van der Waals surface area contributed by atoms with E-state index in [1.807, 2.05) is 0 Å². The number of benzene rings is 2. The average Bonchev–Trinajstić information content (AvgIpc) is 2.53. The van der Waals surface area contributed by atoms with Crippen molar-refractivity contribution in [3.63, 3.8) is 0 Å². The number of anilines is 1. The molecule has 2 aromatic rings. The van der Waals surface area contributed by atoms with E-state index in [0.29, 0.717) is 32.8 Å². The minimum absolute atomic E-state index is 0.235. The molecule has 1 N–H and O–H groups in total. The molecule has 0 saturated carbocycles. The van der Waals surface area contributed by atoms with E-state index in [-0.39, 0.29) is 6.42 Å². The topological polar surface area (TPSA) is 73.8 Å². The lowest BCUT2D eigenvalue weighted by Crippen LogP contribution is -2.24. The molecule has 24 heavy (non-hydrogen) atoms. The number of methoxy groups -OCH3 is 1. The summed E-state index contributed by atoms with van der Waals surface area (Å²) in [6.45, 7) is 1.79. The number of carboxylic acids is 1. The van der Waals surface area contributed by atoms with Crippen molar-refractivity contribution in [1.29, 1.82) is 0 Å². The number of carbonyl (C=O) groups is 1. The number of nitrogens with one attached hydrogen (secondary N) is 1. The first-order valence-corrected chi connectivity index (χ1v) is 7.78. The van der Waals surface area contributed by atoms with Crippen LogP contribution in [0.3, 0.4) is 0 Å². The third-order valence-electron chi connectivity index (χ3n) is 3.31. The highest BCUT2D eigenvalue weighted by Crippen LogP contribution is 2.26. The number of carboxylic acid groups (broad SMARTS) is 1. The second kappa shape index (κ2) is 8.04. The second-order valence-electron chi connectivity index (χ2n) is 5.01. The zero-order valence-corrected chi connectivity index (χ0v) is 14.6. The minimum Gasteiger partial charge on any atom is -0.550 e. The summed E-state index contributed by atoms with van der Waals surface area (Å²) in [7, 11) is 1.48. The quantitative estimate of drug-likeness (QED) is 0.630. The molecule has 0 amide bonds. The summed E-state index contributed by atoms with van der Waals surface area (Å²) < 4.78 is 5.16. The van der Waals surface area contributed by atoms with Crippen LogP contribution in [0.25, 0.3) is 0 Å². The average molecular weight is 366 g/mol. The van der Waals surface area contributed by atoms with Crippen molar-refractivity contribution in [2.24, 2.45) is 5.10 Å². The Balaban J connectivity index is 2.24. The fraction of sp³-hybridized carbons (Fsp3) is 0.176. The molecule has 0 unspecified atom stereocenters. The summed E-state index contributed by atoms with van der Waals surface area (Å²) in [6.07, 6.45) is -0.235. The molecule has 0 bridgehead atoms. The summed E-state index contributed by atoms with van der Waals surface area (Å²) >= 11 is 11.9. The predicted molar refractivity (Wildman–Crippen MR) is 94.0 cm³/mol. The lowest BCUT2D eigenvalue weighted by molar-refractivity contribution is -0.304. The molecule has 0 heterocycles. The third-order valence-corrected chi connectivity index (χ3v) is 3.86. The first-order chi connectivity index (χ1) is 11.4. The molecule has 0 aliphatic carbocycles.